The van der Waals surface area contributed by atoms with Crippen molar-refractivity contribution in [3.8, 4) is 0 Å². The number of urea groups is 1. The molecule has 0 radical (unpaired) electrons. The number of carbonyl (C=O) groups is 2. The topological polar surface area (TPSA) is 116 Å². The summed E-state index contributed by atoms with van der Waals surface area (Å²) < 4.78 is 25.0. The lowest BCUT2D eigenvalue weighted by Gasteiger charge is -2.72. The van der Waals surface area contributed by atoms with Gasteiger partial charge in [-0.3, -0.25) is 0 Å². The summed E-state index contributed by atoms with van der Waals surface area (Å²) in [5, 5.41) is 16.0. The molecule has 4 fully saturated rings. The molecular formula is C41H61N3O5S. The van der Waals surface area contributed by atoms with E-state index in [2.05, 4.69) is 64.8 Å². The minimum atomic E-state index is -3.30. The zero-order chi connectivity index (χ0) is 36.7. The van der Waals surface area contributed by atoms with Crippen LogP contribution in [0.25, 0.3) is 5.57 Å². The third-order valence-electron chi connectivity index (χ3n) is 15.7. The van der Waals surface area contributed by atoms with E-state index >= 15 is 0 Å². The summed E-state index contributed by atoms with van der Waals surface area (Å²) in [6.07, 6.45) is 13.5. The molecule has 1 aromatic rings. The molecule has 0 heterocycles. The SMILES string of the molecule is C=C(C)[C@@H]1CC[C@]2(NC(=O)NCCN(C)S(C)(=O)=O)CC[C@]3(C)[C@H](CC[C@@H]4[C@@]5(C)CC=C(c6ccc(C(=O)O)cc6)C(C)(C)[C@@H]5CC[C@]43C)[C@@H]12. The number of nitrogens with one attached hydrogen (secondary N) is 2. The number of fused-ring (bicyclic) bond motifs is 7. The predicted octanol–water partition coefficient (Wildman–Crippen LogP) is 7.98. The summed E-state index contributed by atoms with van der Waals surface area (Å²) in [6.45, 7) is 19.8. The lowest BCUT2D eigenvalue weighted by Crippen LogP contribution is -2.68. The van der Waals surface area contributed by atoms with Gasteiger partial charge in [0.2, 0.25) is 10.0 Å². The smallest absolute Gasteiger partial charge is 0.335 e. The summed E-state index contributed by atoms with van der Waals surface area (Å²) in [6, 6.07) is 7.27. The number of amides is 2. The van der Waals surface area contributed by atoms with E-state index in [0.717, 1.165) is 44.1 Å². The Morgan fingerprint density at radius 3 is 2.24 bits per heavy atom. The number of aromatic carboxylic acids is 1. The molecule has 0 aliphatic heterocycles. The van der Waals surface area contributed by atoms with Crippen LogP contribution in [0.15, 0.2) is 42.5 Å². The standard InChI is InChI=1S/C41H61N3O5S/c1-26(2)29-16-21-41(43-36(47)42-24-25-44(8)50(9,48)49)23-22-39(6)31(34(29)41)14-15-33-38(5)19-17-30(27-10-12-28(13-11-27)35(45)46)37(3,4)32(38)18-20-40(33,39)7/h10-13,17,29,31-34H,1,14-16,18-25H2,2-9H3,(H,45,46)(H2,42,43,47)/t29-,31+,32-,33+,34+,38-,39+,40+,41-/m0/s1. The van der Waals surface area contributed by atoms with Crippen LogP contribution < -0.4 is 10.6 Å². The van der Waals surface area contributed by atoms with Crippen molar-refractivity contribution >= 4 is 27.6 Å². The molecule has 50 heavy (non-hydrogen) atoms. The number of hydrogen-bond donors (Lipinski definition) is 3. The first-order valence-electron chi connectivity index (χ1n) is 18.9. The second-order valence-corrected chi connectivity index (χ2v) is 20.3. The van der Waals surface area contributed by atoms with Gasteiger partial charge in [-0.15, -0.1) is 0 Å². The van der Waals surface area contributed by atoms with Crippen LogP contribution in [0, 0.1) is 51.2 Å². The van der Waals surface area contributed by atoms with Gasteiger partial charge in [0, 0.05) is 25.7 Å². The van der Waals surface area contributed by atoms with Crippen LogP contribution in [-0.4, -0.2) is 61.8 Å². The Morgan fingerprint density at radius 1 is 0.940 bits per heavy atom. The first-order valence-corrected chi connectivity index (χ1v) is 20.7. The highest BCUT2D eigenvalue weighted by molar-refractivity contribution is 7.88. The number of carboxylic acid groups (broad SMARTS) is 1. The number of benzene rings is 1. The number of rotatable bonds is 8. The molecule has 1 aromatic carbocycles. The van der Waals surface area contributed by atoms with Crippen LogP contribution in [0.4, 0.5) is 4.79 Å². The lowest BCUT2D eigenvalue weighted by molar-refractivity contribution is -0.218. The van der Waals surface area contributed by atoms with Crippen LogP contribution in [0.2, 0.25) is 0 Å². The average Bonchev–Trinajstić information content (AvgIpc) is 3.40. The molecule has 9 atom stereocenters. The first kappa shape index (κ1) is 37.1. The van der Waals surface area contributed by atoms with Gasteiger partial charge < -0.3 is 15.7 Å². The third kappa shape index (κ3) is 5.68. The van der Waals surface area contributed by atoms with Gasteiger partial charge in [-0.1, -0.05) is 65.0 Å². The quantitative estimate of drug-likeness (QED) is 0.237. The summed E-state index contributed by atoms with van der Waals surface area (Å²) in [5.41, 5.74) is 4.17. The van der Waals surface area contributed by atoms with Crippen molar-refractivity contribution in [2.45, 2.75) is 105 Å². The van der Waals surface area contributed by atoms with Gasteiger partial charge in [0.05, 0.1) is 11.8 Å². The van der Waals surface area contributed by atoms with Gasteiger partial charge in [-0.2, -0.15) is 0 Å². The Bertz CT molecular complexity index is 1690. The van der Waals surface area contributed by atoms with Crippen LogP contribution in [-0.2, 0) is 10.0 Å². The van der Waals surface area contributed by atoms with Crippen LogP contribution in [0.1, 0.15) is 115 Å². The molecule has 0 spiro atoms. The molecule has 2 amide bonds. The van der Waals surface area contributed by atoms with Gasteiger partial charge >= 0.3 is 12.0 Å². The van der Waals surface area contributed by atoms with Crippen molar-refractivity contribution in [2.24, 2.45) is 51.2 Å². The molecular weight excluding hydrogens is 647 g/mol. The van der Waals surface area contributed by atoms with Crippen molar-refractivity contribution in [1.29, 1.82) is 0 Å². The van der Waals surface area contributed by atoms with Gasteiger partial charge in [0.15, 0.2) is 0 Å². The number of likely N-dealkylation sites (N-methyl/N-ethyl adjacent to an activating group) is 1. The van der Waals surface area contributed by atoms with Crippen LogP contribution in [0.3, 0.4) is 0 Å². The maximum Gasteiger partial charge on any atom is 0.335 e. The summed E-state index contributed by atoms with van der Waals surface area (Å²) in [5.74, 6) is 1.40. The maximum atomic E-state index is 13.5. The monoisotopic (exact) mass is 707 g/mol. The van der Waals surface area contributed by atoms with Gasteiger partial charge in [-0.25, -0.2) is 22.3 Å². The van der Waals surface area contributed by atoms with Gasteiger partial charge in [-0.05, 0) is 139 Å². The lowest BCUT2D eigenvalue weighted by atomic mass is 9.33. The van der Waals surface area contributed by atoms with Crippen LogP contribution >= 0.6 is 0 Å². The number of allylic oxidation sites excluding steroid dienone is 3. The highest BCUT2D eigenvalue weighted by atomic mass is 32.2. The van der Waals surface area contributed by atoms with E-state index in [1.807, 2.05) is 12.1 Å². The molecule has 0 unspecified atom stereocenters. The molecule has 8 nitrogen and oxygen atoms in total. The minimum Gasteiger partial charge on any atom is -0.478 e. The van der Waals surface area contributed by atoms with Gasteiger partial charge in [0.1, 0.15) is 0 Å². The normalized spacial score (nSPS) is 38.9. The molecule has 4 saturated carbocycles. The highest BCUT2D eigenvalue weighted by Crippen LogP contribution is 2.76. The second-order valence-electron chi connectivity index (χ2n) is 18.2. The number of nitrogens with zero attached hydrogens (tertiary/aromatic N) is 1. The van der Waals surface area contributed by atoms with Crippen molar-refractivity contribution in [3.63, 3.8) is 0 Å². The van der Waals surface area contributed by atoms with Crippen molar-refractivity contribution in [1.82, 2.24) is 14.9 Å². The van der Waals surface area contributed by atoms with E-state index in [4.69, 9.17) is 0 Å². The Labute approximate surface area is 301 Å². The molecule has 9 heteroatoms. The number of sulfonamides is 1. The maximum absolute atomic E-state index is 13.5. The summed E-state index contributed by atoms with van der Waals surface area (Å²) in [4.78, 5) is 25.0. The Morgan fingerprint density at radius 2 is 1.62 bits per heavy atom. The first-order chi connectivity index (χ1) is 23.2. The zero-order valence-electron chi connectivity index (χ0n) is 31.7. The van der Waals surface area contributed by atoms with Crippen molar-refractivity contribution < 1.29 is 23.1 Å². The second kappa shape index (κ2) is 12.5. The van der Waals surface area contributed by atoms with E-state index < -0.39 is 16.0 Å². The third-order valence-corrected chi connectivity index (χ3v) is 17.0. The largest absolute Gasteiger partial charge is 0.478 e. The molecule has 6 rings (SSSR count). The Hall–Kier alpha value is -2.65. The highest BCUT2D eigenvalue weighted by Gasteiger charge is 2.70. The molecule has 0 aromatic heterocycles. The van der Waals surface area contributed by atoms with Crippen molar-refractivity contribution in [2.75, 3.05) is 26.4 Å². The number of hydrogen-bond acceptors (Lipinski definition) is 4. The molecule has 276 valence electrons. The number of carbonyl (C=O) groups excluding carboxylic acids is 1. The van der Waals surface area contributed by atoms with Gasteiger partial charge in [0.25, 0.3) is 0 Å². The van der Waals surface area contributed by atoms with E-state index in [1.54, 1.807) is 12.1 Å². The predicted molar refractivity (Wildman–Crippen MR) is 200 cm³/mol. The van der Waals surface area contributed by atoms with E-state index in [1.165, 1.54) is 48.0 Å². The Kier molecular flexibility index (Phi) is 9.27. The molecule has 0 bridgehead atoms. The van der Waals surface area contributed by atoms with E-state index in [-0.39, 0.29) is 46.3 Å². The minimum absolute atomic E-state index is 0.0392. The fraction of sp³-hybridized carbons (Fsp3) is 0.707. The fourth-order valence-corrected chi connectivity index (χ4v) is 13.4. The van der Waals surface area contributed by atoms with E-state index in [0.29, 0.717) is 35.2 Å². The fourth-order valence-electron chi connectivity index (χ4n) is 13.0. The van der Waals surface area contributed by atoms with E-state index in [9.17, 15) is 23.1 Å². The molecule has 5 aliphatic carbocycles. The number of carboxylic acids is 1. The van der Waals surface area contributed by atoms with Crippen molar-refractivity contribution in [3.05, 3.63) is 53.6 Å². The molecule has 3 N–H and O–H groups in total. The Balaban J connectivity index is 1.27. The van der Waals surface area contributed by atoms with Crippen LogP contribution in [0.5, 0.6) is 0 Å². The zero-order valence-corrected chi connectivity index (χ0v) is 32.5. The summed E-state index contributed by atoms with van der Waals surface area (Å²) >= 11 is 0. The summed E-state index contributed by atoms with van der Waals surface area (Å²) in [7, 11) is -1.77. The molecule has 0 saturated heterocycles. The molecule has 5 aliphatic rings. The average molecular weight is 708 g/mol.